The largest absolute Gasteiger partial charge is 0.467 e. The highest BCUT2D eigenvalue weighted by atomic mass is 16.5. The van der Waals surface area contributed by atoms with Crippen molar-refractivity contribution >= 4 is 12.7 Å². The van der Waals surface area contributed by atoms with Gasteiger partial charge in [0.2, 0.25) is 0 Å². The fourth-order valence-corrected chi connectivity index (χ4v) is 0.678. The quantitative estimate of drug-likeness (QED) is 0.434. The minimum atomic E-state index is -0.412. The summed E-state index contributed by atoms with van der Waals surface area (Å²) < 4.78 is 4.49. The molecular weight excluding hydrogens is 130 g/mol. The Morgan fingerprint density at radius 3 is 2.20 bits per heavy atom. The first-order valence-corrected chi connectivity index (χ1v) is 3.17. The van der Waals surface area contributed by atoms with Crippen LogP contribution in [0.1, 0.15) is 13.8 Å². The lowest BCUT2D eigenvalue weighted by Crippen LogP contribution is -2.25. The van der Waals surface area contributed by atoms with Crippen molar-refractivity contribution in [2.75, 3.05) is 7.11 Å². The molecule has 0 spiro atoms. The maximum atomic E-state index is 10.8. The Kier molecular flexibility index (Phi) is 3.69. The van der Waals surface area contributed by atoms with Crippen LogP contribution in [0.2, 0.25) is 0 Å². The van der Waals surface area contributed by atoms with Gasteiger partial charge in [-0.25, -0.2) is 4.79 Å². The molecule has 1 unspecified atom stereocenters. The van der Waals surface area contributed by atoms with E-state index in [2.05, 4.69) is 16.4 Å². The number of carbonyl (C=O) groups is 1. The molecule has 0 aliphatic heterocycles. The van der Waals surface area contributed by atoms with Crippen LogP contribution in [0.3, 0.4) is 0 Å². The molecule has 0 aromatic heterocycles. The van der Waals surface area contributed by atoms with E-state index in [9.17, 15) is 4.79 Å². The summed E-state index contributed by atoms with van der Waals surface area (Å²) in [5, 5.41) is 0. The van der Waals surface area contributed by atoms with Gasteiger partial charge in [-0.05, 0) is 12.6 Å². The lowest BCUT2D eigenvalue weighted by Gasteiger charge is -2.11. The summed E-state index contributed by atoms with van der Waals surface area (Å²) in [7, 11) is 1.35. The number of esters is 1. The van der Waals surface area contributed by atoms with Crippen LogP contribution in [-0.2, 0) is 9.53 Å². The van der Waals surface area contributed by atoms with Crippen molar-refractivity contribution in [1.29, 1.82) is 0 Å². The standard InChI is InChI=1S/C7H13NO2/c1-5(2)6(8-3)7(9)10-4/h5-6H,3H2,1-2,4H3. The van der Waals surface area contributed by atoms with Gasteiger partial charge >= 0.3 is 5.97 Å². The van der Waals surface area contributed by atoms with Crippen LogP contribution < -0.4 is 0 Å². The van der Waals surface area contributed by atoms with Crippen LogP contribution >= 0.6 is 0 Å². The molecule has 0 N–H and O–H groups in total. The molecule has 0 heterocycles. The van der Waals surface area contributed by atoms with E-state index >= 15 is 0 Å². The molecule has 3 heteroatoms. The topological polar surface area (TPSA) is 38.7 Å². The van der Waals surface area contributed by atoms with E-state index in [1.165, 1.54) is 7.11 Å². The van der Waals surface area contributed by atoms with Crippen LogP contribution in [0.15, 0.2) is 4.99 Å². The first-order chi connectivity index (χ1) is 4.63. The number of nitrogens with zero attached hydrogens (tertiary/aromatic N) is 1. The molecule has 0 aliphatic carbocycles. The third kappa shape index (κ3) is 2.17. The maximum Gasteiger partial charge on any atom is 0.330 e. The highest BCUT2D eigenvalue weighted by molar-refractivity contribution is 5.76. The Bertz CT molecular complexity index is 132. The Morgan fingerprint density at radius 1 is 1.60 bits per heavy atom. The molecular formula is C7H13NO2. The molecule has 1 atom stereocenters. The van der Waals surface area contributed by atoms with Gasteiger partial charge in [-0.2, -0.15) is 0 Å². The van der Waals surface area contributed by atoms with Gasteiger partial charge in [0, 0.05) is 0 Å². The summed E-state index contributed by atoms with van der Waals surface area (Å²) in [5.41, 5.74) is 0. The number of ether oxygens (including phenoxy) is 1. The Labute approximate surface area is 61.1 Å². The van der Waals surface area contributed by atoms with E-state index in [0.717, 1.165) is 0 Å². The summed E-state index contributed by atoms with van der Waals surface area (Å²) >= 11 is 0. The summed E-state index contributed by atoms with van der Waals surface area (Å²) in [6.45, 7) is 7.10. The number of carbonyl (C=O) groups excluding carboxylic acids is 1. The van der Waals surface area contributed by atoms with Crippen molar-refractivity contribution in [3.63, 3.8) is 0 Å². The third-order valence-electron chi connectivity index (χ3n) is 1.27. The fourth-order valence-electron chi connectivity index (χ4n) is 0.678. The van der Waals surface area contributed by atoms with Crippen LogP contribution in [0.4, 0.5) is 0 Å². The van der Waals surface area contributed by atoms with Gasteiger partial charge in [-0.15, -0.1) is 0 Å². The minimum Gasteiger partial charge on any atom is -0.467 e. The van der Waals surface area contributed by atoms with Crippen molar-refractivity contribution in [3.05, 3.63) is 0 Å². The lowest BCUT2D eigenvalue weighted by molar-refractivity contribution is -0.143. The van der Waals surface area contributed by atoms with E-state index in [1.54, 1.807) is 0 Å². The van der Waals surface area contributed by atoms with Crippen LogP contribution in [0, 0.1) is 5.92 Å². The van der Waals surface area contributed by atoms with Crippen molar-refractivity contribution in [3.8, 4) is 0 Å². The Hall–Kier alpha value is -0.860. The number of hydrogen-bond donors (Lipinski definition) is 0. The first kappa shape index (κ1) is 9.14. The van der Waals surface area contributed by atoms with Crippen LogP contribution in [0.5, 0.6) is 0 Å². The van der Waals surface area contributed by atoms with Gasteiger partial charge in [-0.3, -0.25) is 4.99 Å². The lowest BCUT2D eigenvalue weighted by atomic mass is 10.1. The smallest absolute Gasteiger partial charge is 0.330 e. The molecule has 58 valence electrons. The van der Waals surface area contributed by atoms with Gasteiger partial charge in [-0.1, -0.05) is 13.8 Å². The maximum absolute atomic E-state index is 10.8. The van der Waals surface area contributed by atoms with E-state index in [1.807, 2.05) is 13.8 Å². The Morgan fingerprint density at radius 2 is 2.10 bits per heavy atom. The predicted molar refractivity (Wildman–Crippen MR) is 40.2 cm³/mol. The van der Waals surface area contributed by atoms with Gasteiger partial charge in [0.05, 0.1) is 7.11 Å². The molecule has 0 rings (SSSR count). The normalized spacial score (nSPS) is 12.8. The monoisotopic (exact) mass is 143 g/mol. The number of hydrogen-bond acceptors (Lipinski definition) is 3. The molecule has 0 aromatic rings. The van der Waals surface area contributed by atoms with E-state index in [0.29, 0.717) is 0 Å². The molecule has 0 radical (unpaired) electrons. The highest BCUT2D eigenvalue weighted by Gasteiger charge is 2.19. The summed E-state index contributed by atoms with van der Waals surface area (Å²) in [4.78, 5) is 14.5. The Balaban J connectivity index is 4.06. The van der Waals surface area contributed by atoms with Gasteiger partial charge < -0.3 is 4.74 Å². The van der Waals surface area contributed by atoms with Gasteiger partial charge in [0.15, 0.2) is 0 Å². The van der Waals surface area contributed by atoms with E-state index in [4.69, 9.17) is 0 Å². The predicted octanol–water partition coefficient (Wildman–Crippen LogP) is 0.885. The highest BCUT2D eigenvalue weighted by Crippen LogP contribution is 2.06. The average molecular weight is 143 g/mol. The van der Waals surface area contributed by atoms with Gasteiger partial charge in [0.1, 0.15) is 6.04 Å². The SMILES string of the molecule is C=NC(C(=O)OC)C(C)C. The number of aliphatic imine (C=N–C) groups is 1. The van der Waals surface area contributed by atoms with Crippen LogP contribution in [0.25, 0.3) is 0 Å². The molecule has 0 saturated heterocycles. The second-order valence-electron chi connectivity index (χ2n) is 2.39. The summed E-state index contributed by atoms with van der Waals surface area (Å²) in [6, 6.07) is -0.412. The zero-order valence-electron chi connectivity index (χ0n) is 6.63. The first-order valence-electron chi connectivity index (χ1n) is 3.17. The van der Waals surface area contributed by atoms with E-state index < -0.39 is 6.04 Å². The van der Waals surface area contributed by atoms with Gasteiger partial charge in [0.25, 0.3) is 0 Å². The van der Waals surface area contributed by atoms with Crippen molar-refractivity contribution in [1.82, 2.24) is 0 Å². The molecule has 0 aliphatic rings. The summed E-state index contributed by atoms with van der Waals surface area (Å²) in [5.74, 6) is -0.157. The van der Waals surface area contributed by atoms with Crippen LogP contribution in [-0.4, -0.2) is 25.8 Å². The third-order valence-corrected chi connectivity index (χ3v) is 1.27. The number of rotatable bonds is 3. The molecule has 0 aromatic carbocycles. The molecule has 0 saturated carbocycles. The fraction of sp³-hybridized carbons (Fsp3) is 0.714. The van der Waals surface area contributed by atoms with Crippen molar-refractivity contribution in [2.45, 2.75) is 19.9 Å². The van der Waals surface area contributed by atoms with Crippen molar-refractivity contribution in [2.24, 2.45) is 10.9 Å². The molecule has 0 amide bonds. The number of methoxy groups -OCH3 is 1. The second-order valence-corrected chi connectivity index (χ2v) is 2.39. The van der Waals surface area contributed by atoms with Crippen molar-refractivity contribution < 1.29 is 9.53 Å². The molecule has 10 heavy (non-hydrogen) atoms. The average Bonchev–Trinajstić information content (AvgIpc) is 1.88. The molecule has 3 nitrogen and oxygen atoms in total. The minimum absolute atomic E-state index is 0.157. The zero-order valence-corrected chi connectivity index (χ0v) is 6.63. The second kappa shape index (κ2) is 4.04. The molecule has 0 fully saturated rings. The molecule has 0 bridgehead atoms. The zero-order chi connectivity index (χ0) is 8.15. The van der Waals surface area contributed by atoms with E-state index in [-0.39, 0.29) is 11.9 Å². The summed E-state index contributed by atoms with van der Waals surface area (Å²) in [6.07, 6.45) is 0.